The second-order valence-corrected chi connectivity index (χ2v) is 4.93. The summed E-state index contributed by atoms with van der Waals surface area (Å²) < 4.78 is 0. The Hall–Kier alpha value is -1.15. The molecule has 1 saturated carbocycles. The minimum Gasteiger partial charge on any atom is -0.302 e. The first-order chi connectivity index (χ1) is 8.19. The van der Waals surface area contributed by atoms with E-state index in [1.807, 2.05) is 0 Å². The molecule has 0 unspecified atom stereocenters. The maximum absolute atomic E-state index is 12.3. The molecule has 0 heterocycles. The van der Waals surface area contributed by atoms with Gasteiger partial charge in [0.15, 0.2) is 5.78 Å². The summed E-state index contributed by atoms with van der Waals surface area (Å²) in [4.78, 5) is 12.3. The number of rotatable bonds is 3. The Labute approximate surface area is 103 Å². The predicted octanol–water partition coefficient (Wildman–Crippen LogP) is 2.94. The molecule has 1 fully saturated rings. The number of ketones is 1. The van der Waals surface area contributed by atoms with Crippen molar-refractivity contribution in [1.82, 2.24) is 5.32 Å². The van der Waals surface area contributed by atoms with E-state index in [1.165, 1.54) is 5.56 Å². The van der Waals surface area contributed by atoms with Crippen LogP contribution in [-0.4, -0.2) is 12.3 Å². The Morgan fingerprint density at radius 1 is 1.24 bits per heavy atom. The molecule has 0 bridgehead atoms. The zero-order valence-corrected chi connectivity index (χ0v) is 10.8. The molecule has 0 spiro atoms. The first-order valence-corrected chi connectivity index (χ1v) is 6.54. The van der Waals surface area contributed by atoms with Crippen LogP contribution in [0.2, 0.25) is 0 Å². The highest BCUT2D eigenvalue weighted by Crippen LogP contribution is 2.34. The molecule has 2 heteroatoms. The summed E-state index contributed by atoms with van der Waals surface area (Å²) in [6.07, 6.45) is 3.81. The maximum Gasteiger partial charge on any atom is 0.157 e. The van der Waals surface area contributed by atoms with Crippen LogP contribution in [0.1, 0.15) is 43.7 Å². The largest absolute Gasteiger partial charge is 0.302 e. The smallest absolute Gasteiger partial charge is 0.157 e. The number of nitrogens with one attached hydrogen (secondary N) is 1. The molecule has 0 radical (unpaired) electrons. The number of hydrogen-bond acceptors (Lipinski definition) is 2. The standard InChI is InChI=1S/C15H21NO/c1-3-16-15(11-5-4-6-14(15)17)13-9-7-12(2)8-10-13/h7-10,16H,3-6,11H2,1-2H3/t15-/m0/s1. The van der Waals surface area contributed by atoms with E-state index in [2.05, 4.69) is 43.4 Å². The summed E-state index contributed by atoms with van der Waals surface area (Å²) in [5.74, 6) is 0.356. The van der Waals surface area contributed by atoms with Crippen LogP contribution in [0, 0.1) is 6.92 Å². The summed E-state index contributed by atoms with van der Waals surface area (Å²) in [5.41, 5.74) is 1.96. The third-order valence-electron chi connectivity index (χ3n) is 3.70. The van der Waals surface area contributed by atoms with Gasteiger partial charge in [-0.3, -0.25) is 4.79 Å². The van der Waals surface area contributed by atoms with E-state index in [0.717, 1.165) is 31.4 Å². The van der Waals surface area contributed by atoms with Crippen LogP contribution >= 0.6 is 0 Å². The summed E-state index contributed by atoms with van der Waals surface area (Å²) in [6.45, 7) is 4.98. The van der Waals surface area contributed by atoms with E-state index in [4.69, 9.17) is 0 Å². The fourth-order valence-electron chi connectivity index (χ4n) is 2.76. The van der Waals surface area contributed by atoms with Gasteiger partial charge in [0.25, 0.3) is 0 Å². The Balaban J connectivity index is 2.39. The molecule has 0 amide bonds. The van der Waals surface area contributed by atoms with E-state index >= 15 is 0 Å². The Morgan fingerprint density at radius 2 is 1.94 bits per heavy atom. The van der Waals surface area contributed by atoms with Gasteiger partial charge in [-0.15, -0.1) is 0 Å². The fraction of sp³-hybridized carbons (Fsp3) is 0.533. The zero-order valence-electron chi connectivity index (χ0n) is 10.8. The lowest BCUT2D eigenvalue weighted by atomic mass is 9.75. The number of aryl methyl sites for hydroxylation is 1. The molecule has 1 aromatic carbocycles. The minimum absolute atomic E-state index is 0.356. The molecule has 92 valence electrons. The van der Waals surface area contributed by atoms with Gasteiger partial charge in [0.05, 0.1) is 0 Å². The van der Waals surface area contributed by atoms with Crippen LogP contribution in [-0.2, 0) is 10.3 Å². The summed E-state index contributed by atoms with van der Waals surface area (Å²) in [5, 5.41) is 3.43. The third kappa shape index (κ3) is 2.27. The number of likely N-dealkylation sites (N-methyl/N-ethyl adjacent to an activating group) is 1. The summed E-state index contributed by atoms with van der Waals surface area (Å²) >= 11 is 0. The second-order valence-electron chi connectivity index (χ2n) is 4.93. The lowest BCUT2D eigenvalue weighted by Crippen LogP contribution is -2.50. The predicted molar refractivity (Wildman–Crippen MR) is 70.0 cm³/mol. The van der Waals surface area contributed by atoms with Gasteiger partial charge in [-0.05, 0) is 31.9 Å². The van der Waals surface area contributed by atoms with E-state index in [1.54, 1.807) is 0 Å². The molecule has 2 nitrogen and oxygen atoms in total. The van der Waals surface area contributed by atoms with E-state index < -0.39 is 5.54 Å². The molecule has 1 aromatic rings. The molecule has 1 atom stereocenters. The van der Waals surface area contributed by atoms with E-state index in [-0.39, 0.29) is 0 Å². The first-order valence-electron chi connectivity index (χ1n) is 6.54. The number of carbonyl (C=O) groups excluding carboxylic acids is 1. The van der Waals surface area contributed by atoms with Crippen LogP contribution in [0.4, 0.5) is 0 Å². The van der Waals surface area contributed by atoms with Crippen LogP contribution in [0.5, 0.6) is 0 Å². The van der Waals surface area contributed by atoms with Gasteiger partial charge in [0.1, 0.15) is 5.54 Å². The van der Waals surface area contributed by atoms with Crippen molar-refractivity contribution in [2.45, 2.75) is 45.1 Å². The third-order valence-corrected chi connectivity index (χ3v) is 3.70. The van der Waals surface area contributed by atoms with Crippen molar-refractivity contribution in [3.8, 4) is 0 Å². The number of hydrogen-bond donors (Lipinski definition) is 1. The minimum atomic E-state index is -0.416. The first kappa shape index (κ1) is 12.3. The topological polar surface area (TPSA) is 29.1 Å². The lowest BCUT2D eigenvalue weighted by molar-refractivity contribution is -0.128. The average molecular weight is 231 g/mol. The van der Waals surface area contributed by atoms with Crippen LogP contribution in [0.25, 0.3) is 0 Å². The van der Waals surface area contributed by atoms with E-state index in [0.29, 0.717) is 12.2 Å². The van der Waals surface area contributed by atoms with Crippen molar-refractivity contribution in [3.63, 3.8) is 0 Å². The van der Waals surface area contributed by atoms with Crippen molar-refractivity contribution in [2.24, 2.45) is 0 Å². The summed E-state index contributed by atoms with van der Waals surface area (Å²) in [6, 6.07) is 8.38. The Bertz CT molecular complexity index is 392. The van der Waals surface area contributed by atoms with Gasteiger partial charge in [0.2, 0.25) is 0 Å². The molecular formula is C15H21NO. The molecular weight excluding hydrogens is 210 g/mol. The maximum atomic E-state index is 12.3. The fourth-order valence-corrected chi connectivity index (χ4v) is 2.76. The number of benzene rings is 1. The van der Waals surface area contributed by atoms with Crippen molar-refractivity contribution in [3.05, 3.63) is 35.4 Å². The Kier molecular flexibility index (Phi) is 3.63. The quantitative estimate of drug-likeness (QED) is 0.866. The Morgan fingerprint density at radius 3 is 2.53 bits per heavy atom. The van der Waals surface area contributed by atoms with Gasteiger partial charge < -0.3 is 5.32 Å². The molecule has 0 saturated heterocycles. The van der Waals surface area contributed by atoms with Gasteiger partial charge in [-0.25, -0.2) is 0 Å². The van der Waals surface area contributed by atoms with Crippen molar-refractivity contribution in [2.75, 3.05) is 6.54 Å². The highest BCUT2D eigenvalue weighted by molar-refractivity contribution is 5.90. The van der Waals surface area contributed by atoms with Crippen molar-refractivity contribution in [1.29, 1.82) is 0 Å². The highest BCUT2D eigenvalue weighted by atomic mass is 16.1. The molecule has 0 aromatic heterocycles. The number of carbonyl (C=O) groups is 1. The average Bonchev–Trinajstić information content (AvgIpc) is 2.33. The SMILES string of the molecule is CCN[C@]1(c2ccc(C)cc2)CCCCC1=O. The van der Waals surface area contributed by atoms with Gasteiger partial charge in [-0.1, -0.05) is 43.2 Å². The molecule has 1 N–H and O–H groups in total. The van der Waals surface area contributed by atoms with Crippen molar-refractivity contribution >= 4 is 5.78 Å². The zero-order chi connectivity index (χ0) is 12.3. The molecule has 17 heavy (non-hydrogen) atoms. The molecule has 2 rings (SSSR count). The van der Waals surface area contributed by atoms with Crippen LogP contribution in [0.15, 0.2) is 24.3 Å². The normalized spacial score (nSPS) is 24.9. The van der Waals surface area contributed by atoms with Gasteiger partial charge >= 0.3 is 0 Å². The molecule has 1 aliphatic carbocycles. The van der Waals surface area contributed by atoms with Gasteiger partial charge in [-0.2, -0.15) is 0 Å². The summed E-state index contributed by atoms with van der Waals surface area (Å²) in [7, 11) is 0. The van der Waals surface area contributed by atoms with Crippen molar-refractivity contribution < 1.29 is 4.79 Å². The van der Waals surface area contributed by atoms with Crippen LogP contribution in [0.3, 0.4) is 0 Å². The highest BCUT2D eigenvalue weighted by Gasteiger charge is 2.40. The van der Waals surface area contributed by atoms with Gasteiger partial charge in [0, 0.05) is 6.42 Å². The van der Waals surface area contributed by atoms with E-state index in [9.17, 15) is 4.79 Å². The second kappa shape index (κ2) is 5.01. The van der Waals surface area contributed by atoms with Crippen LogP contribution < -0.4 is 5.32 Å². The molecule has 0 aliphatic heterocycles. The number of Topliss-reactive ketones (excluding diaryl/α,β-unsaturated/α-hetero) is 1. The monoisotopic (exact) mass is 231 g/mol. The molecule has 1 aliphatic rings. The lowest BCUT2D eigenvalue weighted by Gasteiger charge is -2.37.